The number of alkyl halides is 3. The van der Waals surface area contributed by atoms with E-state index in [0.717, 1.165) is 23.3 Å². The molecule has 5 nitrogen and oxygen atoms in total. The monoisotopic (exact) mass is 530 g/mol. The van der Waals surface area contributed by atoms with Crippen LogP contribution in [0, 0.1) is 0 Å². The number of halogens is 3. The first-order chi connectivity index (χ1) is 18.7. The average molecular weight is 531 g/mol. The molecule has 0 heterocycles. The van der Waals surface area contributed by atoms with Gasteiger partial charge in [-0.25, -0.2) is 0 Å². The Kier molecular flexibility index (Phi) is 7.11. The third-order valence-corrected chi connectivity index (χ3v) is 6.76. The summed E-state index contributed by atoms with van der Waals surface area (Å²) in [7, 11) is 1.44. The van der Waals surface area contributed by atoms with Gasteiger partial charge in [0.1, 0.15) is 5.75 Å². The minimum absolute atomic E-state index is 0.0525. The zero-order chi connectivity index (χ0) is 27.6. The van der Waals surface area contributed by atoms with Gasteiger partial charge in [0, 0.05) is 22.9 Å². The van der Waals surface area contributed by atoms with Crippen molar-refractivity contribution in [3.8, 4) is 16.9 Å². The Balaban J connectivity index is 1.34. The molecule has 2 amide bonds. The molecule has 0 saturated heterocycles. The number of nitrogens with one attached hydrogen (secondary N) is 2. The molecule has 4 aromatic rings. The van der Waals surface area contributed by atoms with E-state index in [0.29, 0.717) is 41.0 Å². The fourth-order valence-electron chi connectivity index (χ4n) is 4.87. The van der Waals surface area contributed by atoms with Gasteiger partial charge < -0.3 is 15.4 Å². The van der Waals surface area contributed by atoms with E-state index in [4.69, 9.17) is 4.74 Å². The highest BCUT2D eigenvalue weighted by atomic mass is 19.4. The highest BCUT2D eigenvalue weighted by Gasteiger charge is 2.30. The van der Waals surface area contributed by atoms with Crippen LogP contribution >= 0.6 is 0 Å². The molecule has 198 valence electrons. The lowest BCUT2D eigenvalue weighted by Crippen LogP contribution is -2.35. The van der Waals surface area contributed by atoms with E-state index in [9.17, 15) is 22.8 Å². The minimum Gasteiger partial charge on any atom is -0.496 e. The molecule has 2 N–H and O–H groups in total. The highest BCUT2D eigenvalue weighted by molar-refractivity contribution is 6.09. The van der Waals surface area contributed by atoms with Gasteiger partial charge >= 0.3 is 6.18 Å². The normalized spacial score (nSPS) is 14.4. The van der Waals surface area contributed by atoms with Crippen LogP contribution in [0.1, 0.15) is 37.4 Å². The molecule has 0 fully saturated rings. The first-order valence-corrected chi connectivity index (χ1v) is 12.4. The molecule has 0 aromatic heterocycles. The van der Waals surface area contributed by atoms with Crippen molar-refractivity contribution in [3.05, 3.63) is 119 Å². The Hall–Kier alpha value is -4.59. The number of benzene rings is 4. The highest BCUT2D eigenvalue weighted by Crippen LogP contribution is 2.36. The van der Waals surface area contributed by atoms with E-state index >= 15 is 0 Å². The van der Waals surface area contributed by atoms with Crippen LogP contribution in [0.4, 0.5) is 18.9 Å². The van der Waals surface area contributed by atoms with Crippen LogP contribution in [-0.4, -0.2) is 25.0 Å². The molecular weight excluding hydrogens is 505 g/mol. The number of amides is 2. The molecule has 4 aromatic carbocycles. The summed E-state index contributed by atoms with van der Waals surface area (Å²) >= 11 is 0. The number of hydrogen-bond acceptors (Lipinski definition) is 3. The summed E-state index contributed by atoms with van der Waals surface area (Å²) in [4.78, 5) is 25.9. The van der Waals surface area contributed by atoms with E-state index in [1.165, 1.54) is 19.2 Å². The summed E-state index contributed by atoms with van der Waals surface area (Å²) in [5.41, 5.74) is 3.62. The standard InChI is InChI=1S/C31H25F3N2O3/c1-39-27-9-5-8-26(28(27)19-10-13-23(14-11-19)31(32,33)34)30(38)35-24-15-12-21-16-25(18-22(21)17-24)36-29(37)20-6-3-2-4-7-20/h2-15,17,25H,16,18H2,1H3,(H,35,38)(H,36,37). The minimum atomic E-state index is -4.46. The topological polar surface area (TPSA) is 67.4 Å². The maximum Gasteiger partial charge on any atom is 0.416 e. The van der Waals surface area contributed by atoms with Crippen LogP contribution < -0.4 is 15.4 Å². The van der Waals surface area contributed by atoms with Gasteiger partial charge in [0.15, 0.2) is 0 Å². The second kappa shape index (κ2) is 10.6. The number of fused-ring (bicyclic) bond motifs is 1. The lowest BCUT2D eigenvalue weighted by Gasteiger charge is -2.15. The second-order valence-electron chi connectivity index (χ2n) is 9.34. The predicted octanol–water partition coefficient (Wildman–Crippen LogP) is 6.53. The van der Waals surface area contributed by atoms with E-state index in [1.807, 2.05) is 30.3 Å². The Bertz CT molecular complexity index is 1520. The summed E-state index contributed by atoms with van der Waals surface area (Å²) in [5.74, 6) is -0.181. The number of methoxy groups -OCH3 is 1. The lowest BCUT2D eigenvalue weighted by molar-refractivity contribution is -0.137. The van der Waals surface area contributed by atoms with Crippen molar-refractivity contribution in [2.45, 2.75) is 25.1 Å². The van der Waals surface area contributed by atoms with Gasteiger partial charge in [0.25, 0.3) is 11.8 Å². The number of hydrogen-bond donors (Lipinski definition) is 2. The molecule has 5 rings (SSSR count). The molecule has 1 aliphatic rings. The zero-order valence-electron chi connectivity index (χ0n) is 21.0. The third-order valence-electron chi connectivity index (χ3n) is 6.76. The molecule has 0 bridgehead atoms. The van der Waals surface area contributed by atoms with Crippen LogP contribution in [0.2, 0.25) is 0 Å². The SMILES string of the molecule is COc1cccc(C(=O)Nc2ccc3c(c2)CC(NC(=O)c2ccccc2)C3)c1-c1ccc(C(F)(F)F)cc1. The maximum absolute atomic E-state index is 13.4. The Labute approximate surface area is 223 Å². The van der Waals surface area contributed by atoms with Gasteiger partial charge in [0.2, 0.25) is 0 Å². The van der Waals surface area contributed by atoms with Crippen molar-refractivity contribution in [2.75, 3.05) is 12.4 Å². The second-order valence-corrected chi connectivity index (χ2v) is 9.34. The largest absolute Gasteiger partial charge is 0.496 e. The molecule has 1 aliphatic carbocycles. The maximum atomic E-state index is 13.4. The summed E-state index contributed by atoms with van der Waals surface area (Å²) in [6.45, 7) is 0. The quantitative estimate of drug-likeness (QED) is 0.298. The Morgan fingerprint density at radius 1 is 0.821 bits per heavy atom. The van der Waals surface area contributed by atoms with Gasteiger partial charge in [-0.15, -0.1) is 0 Å². The number of anilines is 1. The summed E-state index contributed by atoms with van der Waals surface area (Å²) in [5, 5.41) is 5.97. The fraction of sp³-hybridized carbons (Fsp3) is 0.161. The summed E-state index contributed by atoms with van der Waals surface area (Å²) in [6, 6.07) is 24.1. The molecule has 39 heavy (non-hydrogen) atoms. The smallest absolute Gasteiger partial charge is 0.416 e. The van der Waals surface area contributed by atoms with Crippen molar-refractivity contribution >= 4 is 17.5 Å². The van der Waals surface area contributed by atoms with Crippen LogP contribution in [0.3, 0.4) is 0 Å². The number of rotatable bonds is 6. The van der Waals surface area contributed by atoms with Crippen LogP contribution in [0.15, 0.2) is 91.0 Å². The van der Waals surface area contributed by atoms with Gasteiger partial charge in [-0.1, -0.05) is 42.5 Å². The van der Waals surface area contributed by atoms with Gasteiger partial charge in [-0.05, 0) is 78.1 Å². The zero-order valence-corrected chi connectivity index (χ0v) is 21.0. The van der Waals surface area contributed by atoms with E-state index in [-0.39, 0.29) is 17.5 Å². The fourth-order valence-corrected chi connectivity index (χ4v) is 4.87. The molecule has 8 heteroatoms. The number of ether oxygens (including phenoxy) is 1. The Morgan fingerprint density at radius 3 is 2.23 bits per heavy atom. The van der Waals surface area contributed by atoms with Gasteiger partial charge in [-0.2, -0.15) is 13.2 Å². The van der Waals surface area contributed by atoms with Crippen LogP contribution in [0.5, 0.6) is 5.75 Å². The van der Waals surface area contributed by atoms with Gasteiger partial charge in [-0.3, -0.25) is 9.59 Å². The lowest BCUT2D eigenvalue weighted by atomic mass is 9.96. The van der Waals surface area contributed by atoms with E-state index in [2.05, 4.69) is 10.6 Å². The molecule has 0 saturated carbocycles. The van der Waals surface area contributed by atoms with Crippen molar-refractivity contribution in [1.82, 2.24) is 5.32 Å². The molecular formula is C31H25F3N2O3. The van der Waals surface area contributed by atoms with Crippen LogP contribution in [0.25, 0.3) is 11.1 Å². The molecule has 1 atom stereocenters. The third kappa shape index (κ3) is 5.65. The van der Waals surface area contributed by atoms with Crippen molar-refractivity contribution in [2.24, 2.45) is 0 Å². The average Bonchev–Trinajstić information content (AvgIpc) is 3.34. The molecule has 0 spiro atoms. The van der Waals surface area contributed by atoms with Crippen molar-refractivity contribution in [1.29, 1.82) is 0 Å². The first kappa shape index (κ1) is 26.0. The Morgan fingerprint density at radius 2 is 1.54 bits per heavy atom. The first-order valence-electron chi connectivity index (χ1n) is 12.4. The van der Waals surface area contributed by atoms with Crippen molar-refractivity contribution in [3.63, 3.8) is 0 Å². The van der Waals surface area contributed by atoms with Crippen molar-refractivity contribution < 1.29 is 27.5 Å². The van der Waals surface area contributed by atoms with Gasteiger partial charge in [0.05, 0.1) is 18.2 Å². The number of carbonyl (C=O) groups excluding carboxylic acids is 2. The molecule has 0 aliphatic heterocycles. The molecule has 0 radical (unpaired) electrons. The predicted molar refractivity (Wildman–Crippen MR) is 143 cm³/mol. The number of carbonyl (C=O) groups is 2. The summed E-state index contributed by atoms with van der Waals surface area (Å²) in [6.07, 6.45) is -3.14. The summed E-state index contributed by atoms with van der Waals surface area (Å²) < 4.78 is 44.6. The van der Waals surface area contributed by atoms with Crippen LogP contribution in [-0.2, 0) is 19.0 Å². The van der Waals surface area contributed by atoms with E-state index < -0.39 is 17.6 Å². The van der Waals surface area contributed by atoms with E-state index in [1.54, 1.807) is 36.4 Å². The molecule has 1 unspecified atom stereocenters.